The molecule has 0 spiro atoms. The molecule has 0 saturated carbocycles. The Balaban J connectivity index is 1.12. The van der Waals surface area contributed by atoms with Crippen molar-refractivity contribution in [2.24, 2.45) is 29.6 Å². The van der Waals surface area contributed by atoms with E-state index >= 15 is 0 Å². The summed E-state index contributed by atoms with van der Waals surface area (Å²) in [5, 5.41) is 17.2. The highest BCUT2D eigenvalue weighted by Crippen LogP contribution is 2.46. The second-order valence-electron chi connectivity index (χ2n) is 17.1. The number of hydrogen-bond acceptors (Lipinski definition) is 10. The van der Waals surface area contributed by atoms with Crippen molar-refractivity contribution in [3.63, 3.8) is 0 Å². The Labute approximate surface area is 348 Å². The zero-order chi connectivity index (χ0) is 40.5. The summed E-state index contributed by atoms with van der Waals surface area (Å²) in [5.74, 6) is 5.37. The van der Waals surface area contributed by atoms with Crippen LogP contribution in [0.4, 0.5) is 0 Å². The first-order valence-electron chi connectivity index (χ1n) is 21.8. The van der Waals surface area contributed by atoms with Crippen molar-refractivity contribution >= 4 is 32.6 Å². The first-order valence-corrected chi connectivity index (χ1v) is 21.8. The maximum Gasteiger partial charge on any atom is 0.242 e. The number of pyridine rings is 2. The zero-order valence-corrected chi connectivity index (χ0v) is 35.1. The summed E-state index contributed by atoms with van der Waals surface area (Å²) in [6.45, 7) is 11.2. The van der Waals surface area contributed by atoms with E-state index < -0.39 is 0 Å². The molecule has 2 bridgehead atoms. The number of aromatic nitrogens is 4. The summed E-state index contributed by atoms with van der Waals surface area (Å²) in [5.41, 5.74) is 3.97. The average molecular weight is 795 g/mol. The zero-order valence-electron chi connectivity index (χ0n) is 35.1. The number of benzene rings is 3. The maximum absolute atomic E-state index is 7.29. The Bertz CT molecular complexity index is 2410. The van der Waals surface area contributed by atoms with E-state index in [1.807, 2.05) is 48.8 Å². The monoisotopic (exact) mass is 794 g/mol. The van der Waals surface area contributed by atoms with E-state index in [0.29, 0.717) is 35.4 Å². The van der Waals surface area contributed by atoms with Crippen LogP contribution in [0.2, 0.25) is 0 Å². The summed E-state index contributed by atoms with van der Waals surface area (Å²) in [6.07, 6.45) is 10.0. The van der Waals surface area contributed by atoms with Crippen LogP contribution in [-0.4, -0.2) is 71.5 Å². The summed E-state index contributed by atoms with van der Waals surface area (Å²) < 4.78 is 25.9. The van der Waals surface area contributed by atoms with Gasteiger partial charge in [0.15, 0.2) is 0 Å². The lowest BCUT2D eigenvalue weighted by Crippen LogP contribution is -2.56. The van der Waals surface area contributed by atoms with Crippen LogP contribution in [-0.2, 0) is 0 Å². The van der Waals surface area contributed by atoms with E-state index in [0.717, 1.165) is 107 Å². The summed E-state index contributed by atoms with van der Waals surface area (Å²) in [7, 11) is 3.42. The van der Waals surface area contributed by atoms with E-state index in [1.54, 1.807) is 14.2 Å². The van der Waals surface area contributed by atoms with Crippen molar-refractivity contribution in [3.8, 4) is 23.3 Å². The Kier molecular flexibility index (Phi) is 11.5. The van der Waals surface area contributed by atoms with Crippen molar-refractivity contribution in [1.82, 2.24) is 30.4 Å². The molecule has 9 atom stereocenters. The van der Waals surface area contributed by atoms with Crippen LogP contribution >= 0.6 is 0 Å². The Morgan fingerprint density at radius 2 is 1.37 bits per heavy atom. The minimum absolute atomic E-state index is 0.171. The lowest BCUT2D eigenvalue weighted by Gasteiger charge is -2.51. The van der Waals surface area contributed by atoms with Gasteiger partial charge < -0.3 is 24.3 Å². The van der Waals surface area contributed by atoms with Gasteiger partial charge in [0.2, 0.25) is 11.8 Å². The van der Waals surface area contributed by atoms with E-state index in [9.17, 15) is 0 Å². The molecule has 308 valence electrons. The average Bonchev–Trinajstić information content (AvgIpc) is 3.29. The minimum atomic E-state index is -0.313. The van der Waals surface area contributed by atoms with Gasteiger partial charge >= 0.3 is 0 Å². The molecular weight excluding hydrogens is 737 g/mol. The lowest BCUT2D eigenvalue weighted by atomic mass is 9.72. The second kappa shape index (κ2) is 17.3. The summed E-state index contributed by atoms with van der Waals surface area (Å²) in [6, 6.07) is 24.8. The maximum atomic E-state index is 7.29. The standard InChI is InChI=1S/C49H58N6O4/c1-6-31-28-50-20-16-33(31)24-30(3)46(37-17-21-51-43-14-12-35(56-4)26-41(37)43)58-48-39-10-8-9-11-40(39)49(54-53-48)59-47(45-25-34-19-23-55(45)29-32(34)7-2)38-18-22-52-44-15-13-36(57-5)27-42(38)44/h8-15,17-18,21-22,26-27,30-34,45-47,50H,6-7,16,19-20,23-25,28-29H2,1-5H3. The number of nitrogens with zero attached hydrogens (tertiary/aromatic N) is 5. The summed E-state index contributed by atoms with van der Waals surface area (Å²) in [4.78, 5) is 12.1. The van der Waals surface area contributed by atoms with Crippen molar-refractivity contribution in [2.75, 3.05) is 40.4 Å². The van der Waals surface area contributed by atoms with Crippen LogP contribution in [0.3, 0.4) is 0 Å². The van der Waals surface area contributed by atoms with Crippen molar-refractivity contribution in [2.45, 2.75) is 77.5 Å². The number of piperidine rings is 4. The molecule has 59 heavy (non-hydrogen) atoms. The van der Waals surface area contributed by atoms with Crippen molar-refractivity contribution in [3.05, 3.63) is 96.3 Å². The molecule has 9 unspecified atom stereocenters. The predicted octanol–water partition coefficient (Wildman–Crippen LogP) is 9.77. The quantitative estimate of drug-likeness (QED) is 0.115. The third kappa shape index (κ3) is 7.77. The molecule has 4 aliphatic rings. The first-order chi connectivity index (χ1) is 29.0. The van der Waals surface area contributed by atoms with E-state index in [1.165, 1.54) is 12.8 Å². The highest BCUT2D eigenvalue weighted by Gasteiger charge is 2.44. The van der Waals surface area contributed by atoms with Gasteiger partial charge in [-0.1, -0.05) is 45.7 Å². The molecule has 6 aromatic rings. The number of nitrogens with one attached hydrogen (secondary N) is 1. The molecule has 0 amide bonds. The topological polar surface area (TPSA) is 104 Å². The number of hydrogen-bond donors (Lipinski definition) is 1. The van der Waals surface area contributed by atoms with Crippen LogP contribution in [0.5, 0.6) is 23.3 Å². The molecule has 3 aromatic carbocycles. The van der Waals surface area contributed by atoms with Crippen LogP contribution in [0, 0.1) is 29.6 Å². The van der Waals surface area contributed by atoms with E-state index in [2.05, 4.69) is 67.4 Å². The van der Waals surface area contributed by atoms with Gasteiger partial charge in [0, 0.05) is 40.8 Å². The third-order valence-electron chi connectivity index (χ3n) is 14.0. The largest absolute Gasteiger partial charge is 0.497 e. The fraction of sp³-hybridized carbons (Fsp3) is 0.469. The van der Waals surface area contributed by atoms with Gasteiger partial charge in [0.25, 0.3) is 0 Å². The number of methoxy groups -OCH3 is 2. The predicted molar refractivity (Wildman–Crippen MR) is 233 cm³/mol. The van der Waals surface area contributed by atoms with Gasteiger partial charge in [0.1, 0.15) is 23.7 Å². The molecule has 1 N–H and O–H groups in total. The molecule has 4 fully saturated rings. The molecule has 7 heterocycles. The lowest BCUT2D eigenvalue weighted by molar-refractivity contribution is -0.0491. The first kappa shape index (κ1) is 39.4. The van der Waals surface area contributed by atoms with E-state index in [-0.39, 0.29) is 24.2 Å². The van der Waals surface area contributed by atoms with Crippen molar-refractivity contribution in [1.29, 1.82) is 0 Å². The van der Waals surface area contributed by atoms with Gasteiger partial charge in [0.05, 0.1) is 42.1 Å². The normalized spacial score (nSPS) is 24.5. The van der Waals surface area contributed by atoms with Gasteiger partial charge in [-0.2, -0.15) is 0 Å². The van der Waals surface area contributed by atoms with Gasteiger partial charge in [-0.15, -0.1) is 10.2 Å². The molecule has 4 aliphatic heterocycles. The van der Waals surface area contributed by atoms with Crippen LogP contribution in [0.1, 0.15) is 82.6 Å². The molecule has 0 radical (unpaired) electrons. The Morgan fingerprint density at radius 3 is 2.00 bits per heavy atom. The summed E-state index contributed by atoms with van der Waals surface area (Å²) >= 11 is 0. The van der Waals surface area contributed by atoms with Gasteiger partial charge in [-0.3, -0.25) is 14.9 Å². The van der Waals surface area contributed by atoms with Crippen molar-refractivity contribution < 1.29 is 18.9 Å². The molecule has 10 rings (SSSR count). The van der Waals surface area contributed by atoms with E-state index in [4.69, 9.17) is 39.1 Å². The number of fused-ring (bicyclic) bond motifs is 6. The molecular formula is C49H58N6O4. The van der Waals surface area contributed by atoms with Gasteiger partial charge in [-0.25, -0.2) is 0 Å². The number of ether oxygens (including phenoxy) is 4. The van der Waals surface area contributed by atoms with Crippen LogP contribution in [0.25, 0.3) is 32.6 Å². The number of rotatable bonds is 14. The van der Waals surface area contributed by atoms with Crippen LogP contribution in [0.15, 0.2) is 85.2 Å². The molecule has 0 aliphatic carbocycles. The van der Waals surface area contributed by atoms with Crippen LogP contribution < -0.4 is 24.3 Å². The van der Waals surface area contributed by atoms with Gasteiger partial charge in [-0.05, 0) is 136 Å². The smallest absolute Gasteiger partial charge is 0.242 e. The Hall–Kier alpha value is -5.06. The second-order valence-corrected chi connectivity index (χ2v) is 17.1. The highest BCUT2D eigenvalue weighted by molar-refractivity contribution is 5.91. The molecule has 4 saturated heterocycles. The highest BCUT2D eigenvalue weighted by atomic mass is 16.5. The molecule has 10 heteroatoms. The minimum Gasteiger partial charge on any atom is -0.497 e. The molecule has 3 aromatic heterocycles. The fourth-order valence-corrected chi connectivity index (χ4v) is 10.7. The third-order valence-corrected chi connectivity index (χ3v) is 14.0. The Morgan fingerprint density at radius 1 is 0.729 bits per heavy atom. The molecule has 10 nitrogen and oxygen atoms in total. The fourth-order valence-electron chi connectivity index (χ4n) is 10.7. The SMILES string of the molecule is CCC1CNCCC1CC(C)C(Oc1nnc(OC(c2ccnc3ccc(OC)cc23)C2CC3CCN2CC3CC)c2ccccc12)c1ccnc2ccc(OC)cc12.